The minimum atomic E-state index is -1.56. The molecule has 1 aromatic heterocycles. The van der Waals surface area contributed by atoms with Crippen molar-refractivity contribution in [1.82, 2.24) is 14.9 Å². The average Bonchev–Trinajstić information content (AvgIpc) is 3.32. The molecule has 0 unspecified atom stereocenters. The molecule has 9 heteroatoms. The number of aromatic nitrogens is 2. The second-order valence-electron chi connectivity index (χ2n) is 9.77. The predicted octanol–water partition coefficient (Wildman–Crippen LogP) is 3.81. The molecule has 2 heterocycles. The van der Waals surface area contributed by atoms with Crippen molar-refractivity contribution in [2.24, 2.45) is 7.05 Å². The summed E-state index contributed by atoms with van der Waals surface area (Å²) in [5.41, 5.74) is 0.466. The number of nitrogens with one attached hydrogen (secondary N) is 1. The number of aryl methyl sites for hydroxylation is 1. The van der Waals surface area contributed by atoms with E-state index in [2.05, 4.69) is 10.3 Å². The maximum atomic E-state index is 14.0. The van der Waals surface area contributed by atoms with Crippen LogP contribution in [-0.2, 0) is 22.1 Å². The number of hydrogen-bond acceptors (Lipinski definition) is 8. The van der Waals surface area contributed by atoms with Gasteiger partial charge < -0.3 is 24.8 Å². The van der Waals surface area contributed by atoms with Gasteiger partial charge in [-0.1, -0.05) is 12.1 Å². The van der Waals surface area contributed by atoms with Gasteiger partial charge in [-0.25, -0.2) is 4.98 Å². The molecule has 0 spiro atoms. The monoisotopic (exact) mass is 501 g/mol. The van der Waals surface area contributed by atoms with Crippen LogP contribution in [0.3, 0.4) is 0 Å². The number of fused-ring (bicyclic) bond motifs is 4. The summed E-state index contributed by atoms with van der Waals surface area (Å²) < 4.78 is 7.76. The SMILES string of the molecule is CC(=O)c1c(O)c(C)c(O)c2c1OC1=CC(=O)/C(=C(/C)N[C@@H](C)c3nc4ccccc4n3C)C(=O)[C@@]12C. The normalized spacial score (nSPS) is 20.8. The summed E-state index contributed by atoms with van der Waals surface area (Å²) in [7, 11) is 1.90. The Morgan fingerprint density at radius 3 is 2.49 bits per heavy atom. The number of imidazole rings is 1. The zero-order chi connectivity index (χ0) is 27.0. The summed E-state index contributed by atoms with van der Waals surface area (Å²) in [5, 5.41) is 24.7. The summed E-state index contributed by atoms with van der Waals surface area (Å²) in [5.74, 6) is -1.79. The fraction of sp³-hybridized carbons (Fsp3) is 0.286. The third-order valence-electron chi connectivity index (χ3n) is 7.40. The fourth-order valence-corrected chi connectivity index (χ4v) is 5.38. The lowest BCUT2D eigenvalue weighted by atomic mass is 9.70. The zero-order valence-corrected chi connectivity index (χ0v) is 21.4. The number of para-hydroxylation sites is 2. The number of carbonyl (C=O) groups is 3. The van der Waals surface area contributed by atoms with E-state index in [9.17, 15) is 24.6 Å². The number of phenolic OH excluding ortho intramolecular Hbond substituents is 2. The van der Waals surface area contributed by atoms with Gasteiger partial charge in [0.05, 0.1) is 28.2 Å². The third kappa shape index (κ3) is 3.23. The topological polar surface area (TPSA) is 131 Å². The predicted molar refractivity (Wildman–Crippen MR) is 136 cm³/mol. The number of benzene rings is 2. The van der Waals surface area contributed by atoms with Gasteiger partial charge in [0.25, 0.3) is 0 Å². The molecule has 3 N–H and O–H groups in total. The van der Waals surface area contributed by atoms with Crippen molar-refractivity contribution in [3.63, 3.8) is 0 Å². The molecular weight excluding hydrogens is 474 g/mol. The van der Waals surface area contributed by atoms with Crippen LogP contribution in [0.25, 0.3) is 11.0 Å². The van der Waals surface area contributed by atoms with Crippen molar-refractivity contribution < 1.29 is 29.3 Å². The highest BCUT2D eigenvalue weighted by molar-refractivity contribution is 6.31. The van der Waals surface area contributed by atoms with Gasteiger partial charge in [-0.05, 0) is 46.8 Å². The van der Waals surface area contributed by atoms with Crippen LogP contribution in [0.2, 0.25) is 0 Å². The van der Waals surface area contributed by atoms with E-state index < -0.39 is 28.5 Å². The van der Waals surface area contributed by atoms with Crippen molar-refractivity contribution in [2.75, 3.05) is 0 Å². The Labute approximate surface area is 213 Å². The molecule has 0 saturated heterocycles. The highest BCUT2D eigenvalue weighted by atomic mass is 16.5. The Morgan fingerprint density at radius 1 is 1.16 bits per heavy atom. The Balaban J connectivity index is 1.61. The molecule has 1 aliphatic heterocycles. The van der Waals surface area contributed by atoms with Crippen LogP contribution in [0.4, 0.5) is 0 Å². The molecule has 2 aliphatic rings. The lowest BCUT2D eigenvalue weighted by Crippen LogP contribution is -2.41. The number of carbonyl (C=O) groups excluding carboxylic acids is 3. The van der Waals surface area contributed by atoms with E-state index in [0.717, 1.165) is 16.9 Å². The molecule has 3 aromatic rings. The highest BCUT2D eigenvalue weighted by Gasteiger charge is 2.56. The molecule has 0 radical (unpaired) electrons. The van der Waals surface area contributed by atoms with Gasteiger partial charge in [0.2, 0.25) is 0 Å². The highest BCUT2D eigenvalue weighted by Crippen LogP contribution is 2.57. The number of ether oxygens (including phenoxy) is 1. The molecule has 0 saturated carbocycles. The second kappa shape index (κ2) is 8.06. The van der Waals surface area contributed by atoms with Gasteiger partial charge >= 0.3 is 0 Å². The molecule has 9 nitrogen and oxygen atoms in total. The molecule has 2 atom stereocenters. The van der Waals surface area contributed by atoms with Gasteiger partial charge in [-0.3, -0.25) is 14.4 Å². The van der Waals surface area contributed by atoms with Gasteiger partial charge in [-0.2, -0.15) is 0 Å². The molecule has 1 aliphatic carbocycles. The molecule has 5 rings (SSSR count). The van der Waals surface area contributed by atoms with E-state index in [4.69, 9.17) is 4.74 Å². The quantitative estimate of drug-likeness (QED) is 0.280. The first kappa shape index (κ1) is 24.3. The lowest BCUT2D eigenvalue weighted by molar-refractivity contribution is -0.123. The number of hydrogen-bond donors (Lipinski definition) is 3. The van der Waals surface area contributed by atoms with Crippen molar-refractivity contribution in [3.05, 3.63) is 69.9 Å². The third-order valence-corrected chi connectivity index (χ3v) is 7.40. The van der Waals surface area contributed by atoms with Crippen LogP contribution < -0.4 is 10.1 Å². The smallest absolute Gasteiger partial charge is 0.194 e. The first-order valence-corrected chi connectivity index (χ1v) is 11.9. The van der Waals surface area contributed by atoms with Gasteiger partial charge in [0, 0.05) is 24.4 Å². The number of allylic oxidation sites excluding steroid dienone is 4. The minimum Gasteiger partial charge on any atom is -0.507 e. The average molecular weight is 502 g/mol. The Morgan fingerprint density at radius 2 is 1.84 bits per heavy atom. The van der Waals surface area contributed by atoms with E-state index in [0.29, 0.717) is 5.70 Å². The molecule has 2 aromatic carbocycles. The van der Waals surface area contributed by atoms with Gasteiger partial charge in [-0.15, -0.1) is 0 Å². The number of rotatable bonds is 4. The summed E-state index contributed by atoms with van der Waals surface area (Å²) >= 11 is 0. The van der Waals surface area contributed by atoms with E-state index in [1.807, 2.05) is 42.8 Å². The molecule has 37 heavy (non-hydrogen) atoms. The van der Waals surface area contributed by atoms with Crippen molar-refractivity contribution in [3.8, 4) is 17.2 Å². The molecule has 190 valence electrons. The van der Waals surface area contributed by atoms with Crippen LogP contribution in [0.1, 0.15) is 61.0 Å². The maximum absolute atomic E-state index is 14.0. The Bertz CT molecular complexity index is 1630. The molecule has 0 bridgehead atoms. The Kier molecular flexibility index (Phi) is 5.29. The largest absolute Gasteiger partial charge is 0.507 e. The molecule has 0 amide bonds. The van der Waals surface area contributed by atoms with E-state index >= 15 is 0 Å². The van der Waals surface area contributed by atoms with E-state index in [-0.39, 0.29) is 45.6 Å². The standard InChI is InChI=1S/C28H27N3O6/c1-12-23(34)21(15(4)32)25-22(24(12)35)28(5)19(37-25)11-18(33)20(26(28)36)13(2)29-14(3)27-30-16-9-7-8-10-17(16)31(27)6/h7-11,14,29,34-35H,1-6H3/b20-13+/t14-,28-/m0/s1. The first-order chi connectivity index (χ1) is 17.4. The van der Waals surface area contributed by atoms with Gasteiger partial charge in [0.1, 0.15) is 39.8 Å². The lowest BCUT2D eigenvalue weighted by Gasteiger charge is -2.29. The summed E-state index contributed by atoms with van der Waals surface area (Å²) in [6.45, 7) is 7.77. The number of nitrogens with zero attached hydrogens (tertiary/aromatic N) is 2. The van der Waals surface area contributed by atoms with Crippen molar-refractivity contribution in [2.45, 2.75) is 46.1 Å². The number of aromatic hydroxyl groups is 2. The van der Waals surface area contributed by atoms with Crippen LogP contribution >= 0.6 is 0 Å². The summed E-state index contributed by atoms with van der Waals surface area (Å²) in [6.07, 6.45) is 1.21. The minimum absolute atomic E-state index is 0.000231. The van der Waals surface area contributed by atoms with Crippen LogP contribution in [0, 0.1) is 6.92 Å². The molecule has 0 fully saturated rings. The van der Waals surface area contributed by atoms with Crippen molar-refractivity contribution in [1.29, 1.82) is 0 Å². The van der Waals surface area contributed by atoms with E-state index in [1.54, 1.807) is 13.8 Å². The van der Waals surface area contributed by atoms with Crippen LogP contribution in [-0.4, -0.2) is 37.1 Å². The summed E-state index contributed by atoms with van der Waals surface area (Å²) in [6, 6.07) is 7.37. The fourth-order valence-electron chi connectivity index (χ4n) is 5.38. The van der Waals surface area contributed by atoms with Crippen LogP contribution in [0.5, 0.6) is 17.2 Å². The van der Waals surface area contributed by atoms with E-state index in [1.165, 1.54) is 19.9 Å². The maximum Gasteiger partial charge on any atom is 0.194 e. The molecular formula is C28H27N3O6. The Hall–Kier alpha value is -4.40. The number of Topliss-reactive ketones (excluding diaryl/α,β-unsaturated/α-hetero) is 2. The number of ketones is 3. The number of phenols is 2. The first-order valence-electron chi connectivity index (χ1n) is 11.9. The summed E-state index contributed by atoms with van der Waals surface area (Å²) in [4.78, 5) is 44.2. The van der Waals surface area contributed by atoms with Gasteiger partial charge in [0.15, 0.2) is 17.3 Å². The van der Waals surface area contributed by atoms with Crippen molar-refractivity contribution >= 4 is 28.4 Å². The zero-order valence-electron chi connectivity index (χ0n) is 21.4. The van der Waals surface area contributed by atoms with Crippen LogP contribution in [0.15, 0.2) is 47.4 Å². The second-order valence-corrected chi connectivity index (χ2v) is 9.77.